The van der Waals surface area contributed by atoms with Gasteiger partial charge < -0.3 is 15.2 Å². The fourth-order valence-corrected chi connectivity index (χ4v) is 3.06. The van der Waals surface area contributed by atoms with E-state index in [2.05, 4.69) is 15.8 Å². The Morgan fingerprint density at radius 2 is 2.03 bits per heavy atom. The molecule has 1 fully saturated rings. The number of nitrogens with zero attached hydrogens (tertiary/aromatic N) is 1. The van der Waals surface area contributed by atoms with Crippen molar-refractivity contribution >= 4 is 11.8 Å². The van der Waals surface area contributed by atoms with Gasteiger partial charge in [0.1, 0.15) is 29.8 Å². The Bertz CT molecular complexity index is 1070. The van der Waals surface area contributed by atoms with Gasteiger partial charge in [0.25, 0.3) is 11.5 Å². The Balaban J connectivity index is 1.76. The minimum atomic E-state index is -0.955. The standard InChI is InChI=1S/C19H21FN4O7/c1-10(26)23-31-14-6-16(30-15(14)9-25)24-8-13(18(28)22-19(24)29)17(27)21-7-11-2-4-12(20)5-3-11/h2-5,8,14-16,25H,6-7,9H2,1H3,(H,21,27)(H,23,26)(H,22,28,29)/t14-,15+,16+/m0/s1. The second kappa shape index (κ2) is 9.64. The maximum atomic E-state index is 13.0. The van der Waals surface area contributed by atoms with Crippen LogP contribution in [-0.4, -0.2) is 45.3 Å². The smallest absolute Gasteiger partial charge is 0.330 e. The van der Waals surface area contributed by atoms with Crippen molar-refractivity contribution in [1.82, 2.24) is 20.3 Å². The highest BCUT2D eigenvalue weighted by Gasteiger charge is 2.38. The van der Waals surface area contributed by atoms with E-state index in [0.717, 1.165) is 10.8 Å². The molecular formula is C19H21FN4O7. The van der Waals surface area contributed by atoms with Gasteiger partial charge in [-0.2, -0.15) is 0 Å². The second-order valence-electron chi connectivity index (χ2n) is 6.88. The summed E-state index contributed by atoms with van der Waals surface area (Å²) in [7, 11) is 0. The highest BCUT2D eigenvalue weighted by molar-refractivity contribution is 5.93. The Labute approximate surface area is 174 Å². The fraction of sp³-hybridized carbons (Fsp3) is 0.368. The number of carbonyl (C=O) groups excluding carboxylic acids is 2. The minimum Gasteiger partial charge on any atom is -0.394 e. The molecule has 0 radical (unpaired) electrons. The van der Waals surface area contributed by atoms with Crippen LogP contribution in [0, 0.1) is 5.82 Å². The van der Waals surface area contributed by atoms with Gasteiger partial charge in [-0.3, -0.25) is 28.8 Å². The van der Waals surface area contributed by atoms with Crippen molar-refractivity contribution in [3.05, 3.63) is 68.2 Å². The van der Waals surface area contributed by atoms with Gasteiger partial charge in [-0.25, -0.2) is 14.7 Å². The van der Waals surface area contributed by atoms with Crippen LogP contribution in [-0.2, 0) is 20.9 Å². The maximum Gasteiger partial charge on any atom is 0.330 e. The lowest BCUT2D eigenvalue weighted by atomic mass is 10.2. The van der Waals surface area contributed by atoms with Gasteiger partial charge in [-0.1, -0.05) is 12.1 Å². The largest absolute Gasteiger partial charge is 0.394 e. The van der Waals surface area contributed by atoms with Crippen LogP contribution in [0.1, 0.15) is 35.5 Å². The van der Waals surface area contributed by atoms with Crippen LogP contribution in [0.3, 0.4) is 0 Å². The number of aliphatic hydroxyl groups excluding tert-OH is 1. The highest BCUT2D eigenvalue weighted by Crippen LogP contribution is 2.29. The molecule has 3 rings (SSSR count). The average molecular weight is 436 g/mol. The molecule has 0 unspecified atom stereocenters. The van der Waals surface area contributed by atoms with E-state index in [0.29, 0.717) is 5.56 Å². The van der Waals surface area contributed by atoms with Crippen molar-refractivity contribution < 1.29 is 28.7 Å². The number of nitrogens with one attached hydrogen (secondary N) is 3. The fourth-order valence-electron chi connectivity index (χ4n) is 3.06. The summed E-state index contributed by atoms with van der Waals surface area (Å²) in [5.74, 6) is -1.62. The van der Waals surface area contributed by atoms with Crippen LogP contribution in [0.15, 0.2) is 40.1 Å². The van der Waals surface area contributed by atoms with Crippen LogP contribution in [0.4, 0.5) is 4.39 Å². The van der Waals surface area contributed by atoms with Crippen LogP contribution >= 0.6 is 0 Å². The number of amides is 2. The minimum absolute atomic E-state index is 0.0385. The molecule has 0 saturated carbocycles. The van der Waals surface area contributed by atoms with E-state index in [-0.39, 0.29) is 18.5 Å². The molecule has 11 nitrogen and oxygen atoms in total. The van der Waals surface area contributed by atoms with Crippen LogP contribution in [0.25, 0.3) is 0 Å². The summed E-state index contributed by atoms with van der Waals surface area (Å²) in [6.45, 7) is 0.838. The maximum absolute atomic E-state index is 13.0. The van der Waals surface area contributed by atoms with Crippen LogP contribution in [0.2, 0.25) is 0 Å². The third kappa shape index (κ3) is 5.42. The van der Waals surface area contributed by atoms with E-state index in [1.807, 2.05) is 0 Å². The molecule has 1 aliphatic heterocycles. The molecule has 0 spiro atoms. The molecule has 1 aromatic heterocycles. The van der Waals surface area contributed by atoms with E-state index in [9.17, 15) is 28.7 Å². The van der Waals surface area contributed by atoms with Crippen molar-refractivity contribution in [2.45, 2.75) is 38.3 Å². The predicted octanol–water partition coefficient (Wildman–Crippen LogP) is -0.678. The monoisotopic (exact) mass is 436 g/mol. The molecule has 1 saturated heterocycles. The van der Waals surface area contributed by atoms with Crippen molar-refractivity contribution in [2.24, 2.45) is 0 Å². The quantitative estimate of drug-likeness (QED) is 0.420. The second-order valence-corrected chi connectivity index (χ2v) is 6.88. The molecule has 0 bridgehead atoms. The molecule has 4 N–H and O–H groups in total. The van der Waals surface area contributed by atoms with E-state index in [1.54, 1.807) is 0 Å². The zero-order valence-electron chi connectivity index (χ0n) is 16.5. The zero-order chi connectivity index (χ0) is 22.5. The molecular weight excluding hydrogens is 415 g/mol. The molecule has 12 heteroatoms. The lowest BCUT2D eigenvalue weighted by Gasteiger charge is -2.16. The molecule has 2 aromatic rings. The zero-order valence-corrected chi connectivity index (χ0v) is 16.5. The first-order chi connectivity index (χ1) is 14.8. The summed E-state index contributed by atoms with van der Waals surface area (Å²) in [4.78, 5) is 55.2. The van der Waals surface area contributed by atoms with E-state index >= 15 is 0 Å². The van der Waals surface area contributed by atoms with Gasteiger partial charge in [0.15, 0.2) is 0 Å². The number of benzene rings is 1. The van der Waals surface area contributed by atoms with Gasteiger partial charge in [0.2, 0.25) is 5.91 Å². The van der Waals surface area contributed by atoms with Gasteiger partial charge in [0, 0.05) is 26.1 Å². The van der Waals surface area contributed by atoms with Gasteiger partial charge in [-0.15, -0.1) is 0 Å². The molecule has 166 valence electrons. The third-order valence-electron chi connectivity index (χ3n) is 4.60. The summed E-state index contributed by atoms with van der Waals surface area (Å²) in [6.07, 6.45) is -1.43. The number of rotatable bonds is 7. The van der Waals surface area contributed by atoms with Crippen LogP contribution in [0.5, 0.6) is 0 Å². The Kier molecular flexibility index (Phi) is 6.95. The van der Waals surface area contributed by atoms with Crippen molar-refractivity contribution in [2.75, 3.05) is 6.61 Å². The SMILES string of the molecule is CC(=O)NO[C@H]1C[C@H](n2cc(C(=O)NCc3ccc(F)cc3)c(=O)[nH]c2=O)O[C@@H]1CO. The van der Waals surface area contributed by atoms with Crippen molar-refractivity contribution in [3.8, 4) is 0 Å². The first kappa shape index (κ1) is 22.3. The molecule has 31 heavy (non-hydrogen) atoms. The number of carbonyl (C=O) groups is 2. The van der Waals surface area contributed by atoms with E-state index < -0.39 is 53.9 Å². The topological polar surface area (TPSA) is 152 Å². The average Bonchev–Trinajstić information content (AvgIpc) is 3.14. The third-order valence-corrected chi connectivity index (χ3v) is 4.60. The Morgan fingerprint density at radius 3 is 2.68 bits per heavy atom. The van der Waals surface area contributed by atoms with Crippen LogP contribution < -0.4 is 22.0 Å². The van der Waals surface area contributed by atoms with Crippen molar-refractivity contribution in [1.29, 1.82) is 0 Å². The lowest BCUT2D eigenvalue weighted by Crippen LogP contribution is -2.38. The van der Waals surface area contributed by atoms with Gasteiger partial charge >= 0.3 is 5.69 Å². The van der Waals surface area contributed by atoms with Gasteiger partial charge in [0.05, 0.1) is 6.61 Å². The number of ether oxygens (including phenoxy) is 1. The van der Waals surface area contributed by atoms with Crippen molar-refractivity contribution in [3.63, 3.8) is 0 Å². The summed E-state index contributed by atoms with van der Waals surface area (Å²) in [5.41, 5.74) is 0.721. The summed E-state index contributed by atoms with van der Waals surface area (Å²) < 4.78 is 19.6. The number of aromatic amines is 1. The number of hydroxylamine groups is 1. The normalized spacial score (nSPS) is 20.4. The Hall–Kier alpha value is -3.35. The molecule has 2 amide bonds. The molecule has 2 heterocycles. The predicted molar refractivity (Wildman–Crippen MR) is 103 cm³/mol. The number of aliphatic hydroxyl groups is 1. The first-order valence-electron chi connectivity index (χ1n) is 9.35. The highest BCUT2D eigenvalue weighted by atomic mass is 19.1. The van der Waals surface area contributed by atoms with E-state index in [1.165, 1.54) is 31.2 Å². The lowest BCUT2D eigenvalue weighted by molar-refractivity contribution is -0.141. The molecule has 0 aliphatic carbocycles. The number of H-pyrrole nitrogens is 1. The number of halogens is 1. The summed E-state index contributed by atoms with van der Waals surface area (Å²) in [5, 5.41) is 12.0. The summed E-state index contributed by atoms with van der Waals surface area (Å²) >= 11 is 0. The molecule has 1 aromatic carbocycles. The number of hydrogen-bond acceptors (Lipinski definition) is 7. The summed E-state index contributed by atoms with van der Waals surface area (Å²) in [6, 6.07) is 5.45. The molecule has 3 atom stereocenters. The molecule has 1 aliphatic rings. The first-order valence-corrected chi connectivity index (χ1v) is 9.35. The number of hydrogen-bond donors (Lipinski definition) is 4. The Morgan fingerprint density at radius 1 is 1.32 bits per heavy atom. The van der Waals surface area contributed by atoms with E-state index in [4.69, 9.17) is 9.57 Å². The number of aromatic nitrogens is 2. The van der Waals surface area contributed by atoms with Gasteiger partial charge in [-0.05, 0) is 17.7 Å².